The molecule has 3 nitrogen and oxygen atoms in total. The molecule has 0 radical (unpaired) electrons. The summed E-state index contributed by atoms with van der Waals surface area (Å²) in [4.78, 5) is 11.9. The monoisotopic (exact) mass is 232 g/mol. The van der Waals surface area contributed by atoms with Crippen molar-refractivity contribution in [2.75, 3.05) is 5.75 Å². The Labute approximate surface area is 94.2 Å². The summed E-state index contributed by atoms with van der Waals surface area (Å²) in [5, 5.41) is 3.48. The second-order valence-corrected chi connectivity index (χ2v) is 5.56. The molecule has 1 amide bonds. The summed E-state index contributed by atoms with van der Waals surface area (Å²) in [6, 6.07) is 0.282. The Bertz CT molecular complexity index is 245. The van der Waals surface area contributed by atoms with Crippen molar-refractivity contribution in [2.24, 2.45) is 11.7 Å². The van der Waals surface area contributed by atoms with Gasteiger partial charge in [-0.3, -0.25) is 4.79 Å². The summed E-state index contributed by atoms with van der Waals surface area (Å²) in [7, 11) is 0. The number of amides is 1. The minimum absolute atomic E-state index is 0.0446. The van der Waals surface area contributed by atoms with Crippen LogP contribution in [0.25, 0.3) is 0 Å². The van der Waals surface area contributed by atoms with Crippen LogP contribution in [0.2, 0.25) is 0 Å². The highest BCUT2D eigenvalue weighted by atomic mass is 32.2. The van der Waals surface area contributed by atoms with Crippen LogP contribution in [0.15, 0.2) is 0 Å². The molecule has 3 N–H and O–H groups in total. The van der Waals surface area contributed by atoms with E-state index in [1.807, 2.05) is 11.8 Å². The number of thiocarbonyl (C=S) groups is 1. The molecule has 1 heterocycles. The van der Waals surface area contributed by atoms with Crippen LogP contribution in [0.4, 0.5) is 0 Å². The van der Waals surface area contributed by atoms with Crippen LogP contribution in [0.1, 0.15) is 20.3 Å². The molecule has 3 atom stereocenters. The molecule has 0 saturated carbocycles. The van der Waals surface area contributed by atoms with Crippen LogP contribution < -0.4 is 11.1 Å². The van der Waals surface area contributed by atoms with Gasteiger partial charge in [-0.25, -0.2) is 0 Å². The smallest absolute Gasteiger partial charge is 0.229 e. The van der Waals surface area contributed by atoms with E-state index >= 15 is 0 Å². The van der Waals surface area contributed by atoms with Crippen LogP contribution >= 0.6 is 24.0 Å². The van der Waals surface area contributed by atoms with E-state index in [-0.39, 0.29) is 22.9 Å². The highest BCUT2D eigenvalue weighted by Gasteiger charge is 2.27. The van der Waals surface area contributed by atoms with Crippen molar-refractivity contribution < 1.29 is 4.79 Å². The lowest BCUT2D eigenvalue weighted by atomic mass is 10.1. The predicted molar refractivity (Wildman–Crippen MR) is 64.4 cm³/mol. The first-order valence-corrected chi connectivity index (χ1v) is 6.19. The van der Waals surface area contributed by atoms with Crippen molar-refractivity contribution in [3.63, 3.8) is 0 Å². The SMILES string of the molecule is CC(C(=O)NC1CCSC1C)C(N)=S. The molecule has 1 fully saturated rings. The van der Waals surface area contributed by atoms with E-state index in [2.05, 4.69) is 12.2 Å². The fourth-order valence-electron chi connectivity index (χ4n) is 1.36. The van der Waals surface area contributed by atoms with Crippen molar-refractivity contribution in [1.82, 2.24) is 5.32 Å². The van der Waals surface area contributed by atoms with Gasteiger partial charge in [0.25, 0.3) is 0 Å². The van der Waals surface area contributed by atoms with Gasteiger partial charge in [-0.05, 0) is 19.1 Å². The predicted octanol–water partition coefficient (Wildman–Crippen LogP) is 0.919. The van der Waals surface area contributed by atoms with Crippen molar-refractivity contribution in [1.29, 1.82) is 0 Å². The fraction of sp³-hybridized carbons (Fsp3) is 0.778. The normalized spacial score (nSPS) is 28.4. The molecule has 1 saturated heterocycles. The second-order valence-electron chi connectivity index (χ2n) is 3.60. The number of hydrogen-bond acceptors (Lipinski definition) is 3. The zero-order valence-electron chi connectivity index (χ0n) is 8.45. The molecule has 0 aromatic rings. The summed E-state index contributed by atoms with van der Waals surface area (Å²) in [5.41, 5.74) is 5.41. The first-order chi connectivity index (χ1) is 6.52. The Morgan fingerprint density at radius 3 is 2.79 bits per heavy atom. The van der Waals surface area contributed by atoms with Crippen LogP contribution in [0.3, 0.4) is 0 Å². The maximum atomic E-state index is 11.6. The molecule has 1 rings (SSSR count). The van der Waals surface area contributed by atoms with Gasteiger partial charge in [0.2, 0.25) is 5.91 Å². The van der Waals surface area contributed by atoms with Gasteiger partial charge < -0.3 is 11.1 Å². The average molecular weight is 232 g/mol. The van der Waals surface area contributed by atoms with Crippen LogP contribution in [-0.2, 0) is 4.79 Å². The zero-order chi connectivity index (χ0) is 10.7. The molecule has 0 aromatic heterocycles. The van der Waals surface area contributed by atoms with Crippen LogP contribution in [0, 0.1) is 5.92 Å². The molecular formula is C9H16N2OS2. The zero-order valence-corrected chi connectivity index (χ0v) is 10.1. The molecule has 80 valence electrons. The highest BCUT2D eigenvalue weighted by molar-refractivity contribution is 8.00. The Morgan fingerprint density at radius 1 is 1.71 bits per heavy atom. The lowest BCUT2D eigenvalue weighted by molar-refractivity contribution is -0.123. The maximum absolute atomic E-state index is 11.6. The Balaban J connectivity index is 2.44. The Kier molecular flexibility index (Phi) is 4.19. The van der Waals surface area contributed by atoms with Crippen LogP contribution in [-0.4, -0.2) is 27.9 Å². The molecular weight excluding hydrogens is 216 g/mol. The van der Waals surface area contributed by atoms with Gasteiger partial charge in [0.15, 0.2) is 0 Å². The third kappa shape index (κ3) is 2.85. The lowest BCUT2D eigenvalue weighted by Crippen LogP contribution is -2.43. The molecule has 3 unspecified atom stereocenters. The average Bonchev–Trinajstić information content (AvgIpc) is 2.50. The third-order valence-electron chi connectivity index (χ3n) is 2.52. The van der Waals surface area contributed by atoms with Gasteiger partial charge >= 0.3 is 0 Å². The number of carbonyl (C=O) groups is 1. The van der Waals surface area contributed by atoms with Gasteiger partial charge in [0, 0.05) is 11.3 Å². The van der Waals surface area contributed by atoms with E-state index in [0.29, 0.717) is 5.25 Å². The third-order valence-corrected chi connectivity index (χ3v) is 4.20. The standard InChI is InChI=1S/C9H16N2OS2/c1-5(8(10)13)9(12)11-7-3-4-14-6(7)2/h5-7H,3-4H2,1-2H3,(H2,10,13)(H,11,12). The number of nitrogens with one attached hydrogen (secondary N) is 1. The Hall–Kier alpha value is -0.290. The van der Waals surface area contributed by atoms with Crippen LogP contribution in [0.5, 0.6) is 0 Å². The second kappa shape index (κ2) is 4.98. The lowest BCUT2D eigenvalue weighted by Gasteiger charge is -2.18. The summed E-state index contributed by atoms with van der Waals surface area (Å²) in [5.74, 6) is 0.716. The van der Waals surface area contributed by atoms with E-state index in [4.69, 9.17) is 18.0 Å². The number of carbonyl (C=O) groups excluding carboxylic acids is 1. The van der Waals surface area contributed by atoms with Crippen molar-refractivity contribution in [2.45, 2.75) is 31.6 Å². The number of thioether (sulfide) groups is 1. The van der Waals surface area contributed by atoms with Gasteiger partial charge in [-0.15, -0.1) is 0 Å². The molecule has 1 aliphatic rings. The van der Waals surface area contributed by atoms with Gasteiger partial charge in [-0.1, -0.05) is 19.1 Å². The summed E-state index contributed by atoms with van der Waals surface area (Å²) >= 11 is 6.67. The van der Waals surface area contributed by atoms with E-state index < -0.39 is 0 Å². The summed E-state index contributed by atoms with van der Waals surface area (Å²) in [6.45, 7) is 3.87. The summed E-state index contributed by atoms with van der Waals surface area (Å²) in [6.07, 6.45) is 1.04. The molecule has 14 heavy (non-hydrogen) atoms. The number of nitrogens with two attached hydrogens (primary N) is 1. The number of rotatable bonds is 3. The Morgan fingerprint density at radius 2 is 2.36 bits per heavy atom. The minimum atomic E-state index is -0.359. The van der Waals surface area contributed by atoms with Crippen molar-refractivity contribution >= 4 is 34.9 Å². The van der Waals surface area contributed by atoms with E-state index in [1.54, 1.807) is 6.92 Å². The maximum Gasteiger partial charge on any atom is 0.229 e. The topological polar surface area (TPSA) is 55.1 Å². The van der Waals surface area contributed by atoms with E-state index in [0.717, 1.165) is 12.2 Å². The van der Waals surface area contributed by atoms with Gasteiger partial charge in [0.05, 0.1) is 10.9 Å². The molecule has 0 bridgehead atoms. The molecule has 1 aliphatic heterocycles. The van der Waals surface area contributed by atoms with E-state index in [1.165, 1.54) is 0 Å². The van der Waals surface area contributed by atoms with Crippen molar-refractivity contribution in [3.8, 4) is 0 Å². The quantitative estimate of drug-likeness (QED) is 0.711. The summed E-state index contributed by atoms with van der Waals surface area (Å²) < 4.78 is 0. The molecule has 0 spiro atoms. The van der Waals surface area contributed by atoms with Crippen molar-refractivity contribution in [3.05, 3.63) is 0 Å². The van der Waals surface area contributed by atoms with Gasteiger partial charge in [0.1, 0.15) is 0 Å². The number of hydrogen-bond donors (Lipinski definition) is 2. The van der Waals surface area contributed by atoms with E-state index in [9.17, 15) is 4.79 Å². The first-order valence-electron chi connectivity index (χ1n) is 4.73. The first kappa shape index (κ1) is 11.8. The van der Waals surface area contributed by atoms with Gasteiger partial charge in [-0.2, -0.15) is 11.8 Å². The minimum Gasteiger partial charge on any atom is -0.393 e. The molecule has 0 aliphatic carbocycles. The largest absolute Gasteiger partial charge is 0.393 e. The molecule has 5 heteroatoms. The molecule has 0 aromatic carbocycles. The highest BCUT2D eigenvalue weighted by Crippen LogP contribution is 2.26. The fourth-order valence-corrected chi connectivity index (χ4v) is 2.66.